The highest BCUT2D eigenvalue weighted by atomic mass is 19.4. The largest absolute Gasteiger partial charge is 0.493 e. The average molecular weight is 324 g/mol. The van der Waals surface area contributed by atoms with Gasteiger partial charge in [-0.25, -0.2) is 0 Å². The molecule has 122 valence electrons. The number of rotatable bonds is 3. The van der Waals surface area contributed by atoms with Crippen LogP contribution in [0, 0.1) is 0 Å². The van der Waals surface area contributed by atoms with E-state index in [4.69, 9.17) is 14.2 Å². The molecule has 3 rings (SSSR count). The SMILES string of the molecule is COc1cccc(-c2cc(C(F)(F)F)cc3c2OCC3)c1OC. The molecule has 0 N–H and O–H groups in total. The van der Waals surface area contributed by atoms with Crippen molar-refractivity contribution in [2.75, 3.05) is 20.8 Å². The van der Waals surface area contributed by atoms with Crippen LogP contribution >= 0.6 is 0 Å². The van der Waals surface area contributed by atoms with Gasteiger partial charge in [0.05, 0.1) is 26.4 Å². The molecule has 0 saturated carbocycles. The van der Waals surface area contributed by atoms with Crippen molar-refractivity contribution in [3.8, 4) is 28.4 Å². The molecule has 0 radical (unpaired) electrons. The summed E-state index contributed by atoms with van der Waals surface area (Å²) in [4.78, 5) is 0. The molecule has 6 heteroatoms. The number of fused-ring (bicyclic) bond motifs is 1. The lowest BCUT2D eigenvalue weighted by molar-refractivity contribution is -0.137. The van der Waals surface area contributed by atoms with Crippen LogP contribution in [0.4, 0.5) is 13.2 Å². The first-order valence-corrected chi connectivity index (χ1v) is 7.04. The van der Waals surface area contributed by atoms with Crippen LogP contribution < -0.4 is 14.2 Å². The van der Waals surface area contributed by atoms with Gasteiger partial charge < -0.3 is 14.2 Å². The quantitative estimate of drug-likeness (QED) is 0.841. The summed E-state index contributed by atoms with van der Waals surface area (Å²) >= 11 is 0. The molecule has 2 aromatic carbocycles. The zero-order valence-electron chi connectivity index (χ0n) is 12.7. The number of benzene rings is 2. The van der Waals surface area contributed by atoms with Crippen molar-refractivity contribution in [1.29, 1.82) is 0 Å². The van der Waals surface area contributed by atoms with E-state index in [1.807, 2.05) is 0 Å². The van der Waals surface area contributed by atoms with E-state index in [0.717, 1.165) is 12.1 Å². The highest BCUT2D eigenvalue weighted by Gasteiger charge is 2.34. The van der Waals surface area contributed by atoms with E-state index >= 15 is 0 Å². The molecular weight excluding hydrogens is 309 g/mol. The molecule has 23 heavy (non-hydrogen) atoms. The van der Waals surface area contributed by atoms with E-state index in [0.29, 0.717) is 47.0 Å². The Morgan fingerprint density at radius 1 is 1.04 bits per heavy atom. The van der Waals surface area contributed by atoms with Gasteiger partial charge in [0.25, 0.3) is 0 Å². The second kappa shape index (κ2) is 5.68. The second-order valence-electron chi connectivity index (χ2n) is 5.15. The number of hydrogen-bond donors (Lipinski definition) is 0. The van der Waals surface area contributed by atoms with Gasteiger partial charge in [-0.2, -0.15) is 13.2 Å². The van der Waals surface area contributed by atoms with Crippen LogP contribution in [0.15, 0.2) is 30.3 Å². The Morgan fingerprint density at radius 3 is 2.48 bits per heavy atom. The van der Waals surface area contributed by atoms with Crippen LogP contribution in [0.25, 0.3) is 11.1 Å². The molecule has 0 bridgehead atoms. The van der Waals surface area contributed by atoms with Gasteiger partial charge in [0, 0.05) is 17.5 Å². The summed E-state index contributed by atoms with van der Waals surface area (Å²) in [5.41, 5.74) is 0.737. The molecule has 0 aromatic heterocycles. The predicted molar refractivity (Wildman–Crippen MR) is 79.2 cm³/mol. The van der Waals surface area contributed by atoms with Crippen molar-refractivity contribution in [2.24, 2.45) is 0 Å². The Hall–Kier alpha value is -2.37. The van der Waals surface area contributed by atoms with Gasteiger partial charge in [-0.1, -0.05) is 12.1 Å². The number of alkyl halides is 3. The minimum absolute atomic E-state index is 0.364. The summed E-state index contributed by atoms with van der Waals surface area (Å²) in [6.07, 6.45) is -3.96. The first-order valence-electron chi connectivity index (χ1n) is 7.04. The van der Waals surface area contributed by atoms with Gasteiger partial charge in [0.15, 0.2) is 11.5 Å². The summed E-state index contributed by atoms with van der Waals surface area (Å²) in [5, 5.41) is 0. The second-order valence-corrected chi connectivity index (χ2v) is 5.15. The summed E-state index contributed by atoms with van der Waals surface area (Å²) < 4.78 is 55.7. The molecule has 0 aliphatic carbocycles. The molecule has 0 unspecified atom stereocenters. The van der Waals surface area contributed by atoms with E-state index in [1.54, 1.807) is 18.2 Å². The standard InChI is InChI=1S/C17H15F3O3/c1-21-14-5-3-4-12(16(14)22-2)13-9-11(17(18,19)20)8-10-6-7-23-15(10)13/h3-5,8-9H,6-7H2,1-2H3. The predicted octanol–water partition coefficient (Wildman–Crippen LogP) is 4.32. The summed E-state index contributed by atoms with van der Waals surface area (Å²) in [5.74, 6) is 1.31. The Morgan fingerprint density at radius 2 is 1.83 bits per heavy atom. The Bertz CT molecular complexity index is 739. The van der Waals surface area contributed by atoms with Crippen LogP contribution in [0.2, 0.25) is 0 Å². The maximum absolute atomic E-state index is 13.2. The summed E-state index contributed by atoms with van der Waals surface area (Å²) in [6, 6.07) is 7.34. The van der Waals surface area contributed by atoms with Crippen molar-refractivity contribution < 1.29 is 27.4 Å². The highest BCUT2D eigenvalue weighted by Crippen LogP contribution is 2.46. The Balaban J connectivity index is 2.26. The van der Waals surface area contributed by atoms with Crippen LogP contribution in [-0.4, -0.2) is 20.8 Å². The highest BCUT2D eigenvalue weighted by molar-refractivity contribution is 5.80. The van der Waals surface area contributed by atoms with Crippen LogP contribution in [-0.2, 0) is 12.6 Å². The van der Waals surface area contributed by atoms with Crippen molar-refractivity contribution in [3.05, 3.63) is 41.5 Å². The molecule has 0 saturated heterocycles. The normalized spacial score (nSPS) is 13.4. The topological polar surface area (TPSA) is 27.7 Å². The van der Waals surface area contributed by atoms with E-state index in [9.17, 15) is 13.2 Å². The maximum Gasteiger partial charge on any atom is 0.416 e. The molecule has 1 aliphatic heterocycles. The smallest absolute Gasteiger partial charge is 0.416 e. The van der Waals surface area contributed by atoms with Crippen LogP contribution in [0.1, 0.15) is 11.1 Å². The number of para-hydroxylation sites is 1. The molecule has 1 heterocycles. The fraction of sp³-hybridized carbons (Fsp3) is 0.294. The fourth-order valence-corrected chi connectivity index (χ4v) is 2.77. The molecule has 0 spiro atoms. The third kappa shape index (κ3) is 2.69. The molecule has 0 atom stereocenters. The minimum Gasteiger partial charge on any atom is -0.493 e. The van der Waals surface area contributed by atoms with Gasteiger partial charge in [0.1, 0.15) is 5.75 Å². The maximum atomic E-state index is 13.2. The van der Waals surface area contributed by atoms with Gasteiger partial charge in [-0.3, -0.25) is 0 Å². The average Bonchev–Trinajstić information content (AvgIpc) is 3.00. The zero-order chi connectivity index (χ0) is 16.6. The number of methoxy groups -OCH3 is 2. The Labute approximate surface area is 131 Å². The summed E-state index contributed by atoms with van der Waals surface area (Å²) in [7, 11) is 2.94. The molecule has 3 nitrogen and oxygen atoms in total. The number of hydrogen-bond acceptors (Lipinski definition) is 3. The third-order valence-electron chi connectivity index (χ3n) is 3.80. The number of halogens is 3. The van der Waals surface area contributed by atoms with Crippen LogP contribution in [0.5, 0.6) is 17.2 Å². The zero-order valence-corrected chi connectivity index (χ0v) is 12.7. The first-order chi connectivity index (χ1) is 11.0. The van der Waals surface area contributed by atoms with Gasteiger partial charge in [0.2, 0.25) is 0 Å². The van der Waals surface area contributed by atoms with Gasteiger partial charge in [-0.15, -0.1) is 0 Å². The molecule has 0 fully saturated rings. The van der Waals surface area contributed by atoms with Crippen LogP contribution in [0.3, 0.4) is 0 Å². The fourth-order valence-electron chi connectivity index (χ4n) is 2.77. The van der Waals surface area contributed by atoms with Gasteiger partial charge >= 0.3 is 6.18 Å². The molecule has 2 aromatic rings. The molecule has 1 aliphatic rings. The molecule has 0 amide bonds. The lowest BCUT2D eigenvalue weighted by atomic mass is 9.96. The monoisotopic (exact) mass is 324 g/mol. The van der Waals surface area contributed by atoms with Gasteiger partial charge in [-0.05, 0) is 23.8 Å². The van der Waals surface area contributed by atoms with Crippen molar-refractivity contribution in [1.82, 2.24) is 0 Å². The number of ether oxygens (including phenoxy) is 3. The Kier molecular flexibility index (Phi) is 3.83. The minimum atomic E-state index is -4.42. The van der Waals surface area contributed by atoms with Crippen molar-refractivity contribution in [2.45, 2.75) is 12.6 Å². The lowest BCUT2D eigenvalue weighted by Gasteiger charge is -2.17. The van der Waals surface area contributed by atoms with Crippen molar-refractivity contribution >= 4 is 0 Å². The van der Waals surface area contributed by atoms with Crippen molar-refractivity contribution in [3.63, 3.8) is 0 Å². The third-order valence-corrected chi connectivity index (χ3v) is 3.80. The van der Waals surface area contributed by atoms with E-state index < -0.39 is 11.7 Å². The molecular formula is C17H15F3O3. The summed E-state index contributed by atoms with van der Waals surface area (Å²) in [6.45, 7) is 0.371. The van der Waals surface area contributed by atoms with E-state index in [1.165, 1.54) is 14.2 Å². The lowest BCUT2D eigenvalue weighted by Crippen LogP contribution is -2.06. The van der Waals surface area contributed by atoms with E-state index in [2.05, 4.69) is 0 Å². The first kappa shape index (κ1) is 15.5. The van der Waals surface area contributed by atoms with E-state index in [-0.39, 0.29) is 0 Å².